The number of fused-ring (bicyclic) bond motifs is 1. The second-order valence-electron chi connectivity index (χ2n) is 4.99. The minimum absolute atomic E-state index is 0.0419. The first-order chi connectivity index (χ1) is 10.1. The molecule has 2 aromatic rings. The first-order valence-electron chi connectivity index (χ1n) is 6.66. The lowest BCUT2D eigenvalue weighted by molar-refractivity contribution is -0.135. The number of aliphatic carboxylic acids is 1. The molecule has 0 saturated heterocycles. The minimum Gasteiger partial charge on any atom is -0.480 e. The molecule has 0 bridgehead atoms. The fourth-order valence-electron chi connectivity index (χ4n) is 2.57. The van der Waals surface area contributed by atoms with Crippen LogP contribution in [0, 0.1) is 0 Å². The number of hydrogen-bond donors (Lipinski definition) is 1. The maximum absolute atomic E-state index is 11.1. The van der Waals surface area contributed by atoms with Crippen LogP contribution in [0.15, 0.2) is 59.2 Å². The van der Waals surface area contributed by atoms with Crippen LogP contribution in [0.3, 0.4) is 0 Å². The van der Waals surface area contributed by atoms with E-state index in [0.29, 0.717) is 0 Å². The Morgan fingerprint density at radius 2 is 1.95 bits per heavy atom. The van der Waals surface area contributed by atoms with E-state index in [-0.39, 0.29) is 6.54 Å². The van der Waals surface area contributed by atoms with Crippen molar-refractivity contribution >= 4 is 33.2 Å². The number of halogens is 1. The fraction of sp³-hybridized carbons (Fsp3) is 0.118. The summed E-state index contributed by atoms with van der Waals surface area (Å²) in [5.41, 5.74) is 4.35. The first kappa shape index (κ1) is 13.9. The SMILES string of the molecule is O=C(O)CN1C=C(c2ccccc2)Cc2ccc(Br)cc21. The summed E-state index contributed by atoms with van der Waals surface area (Å²) in [6.45, 7) is -0.0419. The largest absolute Gasteiger partial charge is 0.480 e. The lowest BCUT2D eigenvalue weighted by Crippen LogP contribution is -2.28. The van der Waals surface area contributed by atoms with Crippen LogP contribution < -0.4 is 4.90 Å². The molecule has 4 heteroatoms. The van der Waals surface area contributed by atoms with Gasteiger partial charge in [-0.1, -0.05) is 52.3 Å². The number of carboxylic acid groups (broad SMARTS) is 1. The molecule has 1 N–H and O–H groups in total. The van der Waals surface area contributed by atoms with Crippen molar-refractivity contribution in [1.29, 1.82) is 0 Å². The third-order valence-corrected chi connectivity index (χ3v) is 3.99. The molecule has 0 fully saturated rings. The molecule has 3 rings (SSSR count). The molecule has 0 saturated carbocycles. The van der Waals surface area contributed by atoms with Gasteiger partial charge in [0.15, 0.2) is 0 Å². The minimum atomic E-state index is -0.841. The van der Waals surface area contributed by atoms with Gasteiger partial charge in [-0.15, -0.1) is 0 Å². The number of benzene rings is 2. The molecule has 3 nitrogen and oxygen atoms in total. The molecular formula is C17H14BrNO2. The lowest BCUT2D eigenvalue weighted by atomic mass is 9.94. The van der Waals surface area contributed by atoms with Crippen molar-refractivity contribution in [2.45, 2.75) is 6.42 Å². The van der Waals surface area contributed by atoms with Crippen molar-refractivity contribution in [1.82, 2.24) is 0 Å². The van der Waals surface area contributed by atoms with Crippen molar-refractivity contribution in [3.8, 4) is 0 Å². The molecule has 1 aliphatic rings. The van der Waals surface area contributed by atoms with E-state index in [1.165, 1.54) is 0 Å². The first-order valence-corrected chi connectivity index (χ1v) is 7.46. The van der Waals surface area contributed by atoms with Crippen molar-refractivity contribution < 1.29 is 9.90 Å². The number of rotatable bonds is 3. The van der Waals surface area contributed by atoms with Crippen LogP contribution in [0.25, 0.3) is 5.57 Å². The Labute approximate surface area is 131 Å². The number of allylic oxidation sites excluding steroid dienone is 1. The lowest BCUT2D eigenvalue weighted by Gasteiger charge is -2.28. The predicted octanol–water partition coefficient (Wildman–Crippen LogP) is 3.94. The molecule has 0 unspecified atom stereocenters. The normalized spacial score (nSPS) is 13.6. The summed E-state index contributed by atoms with van der Waals surface area (Å²) in [5, 5.41) is 9.13. The zero-order valence-corrected chi connectivity index (χ0v) is 12.9. The quantitative estimate of drug-likeness (QED) is 0.917. The van der Waals surface area contributed by atoms with Crippen LogP contribution in [0.4, 0.5) is 5.69 Å². The Bertz CT molecular complexity index is 710. The van der Waals surface area contributed by atoms with Gasteiger partial charge in [-0.05, 0) is 28.8 Å². The van der Waals surface area contributed by atoms with Gasteiger partial charge in [0, 0.05) is 22.8 Å². The van der Waals surface area contributed by atoms with Crippen molar-refractivity contribution in [2.75, 3.05) is 11.4 Å². The molecule has 21 heavy (non-hydrogen) atoms. The highest BCUT2D eigenvalue weighted by Gasteiger charge is 2.20. The zero-order valence-electron chi connectivity index (χ0n) is 11.3. The summed E-state index contributed by atoms with van der Waals surface area (Å²) >= 11 is 3.45. The predicted molar refractivity (Wildman–Crippen MR) is 87.2 cm³/mol. The molecule has 0 spiro atoms. The van der Waals surface area contributed by atoms with Gasteiger partial charge in [-0.3, -0.25) is 4.79 Å². The molecule has 0 aliphatic carbocycles. The van der Waals surface area contributed by atoms with E-state index < -0.39 is 5.97 Å². The van der Waals surface area contributed by atoms with E-state index in [1.54, 1.807) is 4.90 Å². The number of anilines is 1. The highest BCUT2D eigenvalue weighted by molar-refractivity contribution is 9.10. The van der Waals surface area contributed by atoms with Gasteiger partial charge in [-0.2, -0.15) is 0 Å². The van der Waals surface area contributed by atoms with Crippen LogP contribution >= 0.6 is 15.9 Å². The van der Waals surface area contributed by atoms with E-state index in [2.05, 4.69) is 28.1 Å². The van der Waals surface area contributed by atoms with Crippen LogP contribution in [0.1, 0.15) is 11.1 Å². The van der Waals surface area contributed by atoms with Gasteiger partial charge in [0.1, 0.15) is 6.54 Å². The number of carboxylic acids is 1. The molecule has 0 radical (unpaired) electrons. The van der Waals surface area contributed by atoms with Crippen LogP contribution in [-0.4, -0.2) is 17.6 Å². The summed E-state index contributed by atoms with van der Waals surface area (Å²) in [4.78, 5) is 12.9. The van der Waals surface area contributed by atoms with Crippen LogP contribution in [0.5, 0.6) is 0 Å². The summed E-state index contributed by atoms with van der Waals surface area (Å²) in [6.07, 6.45) is 2.75. The topological polar surface area (TPSA) is 40.5 Å². The van der Waals surface area contributed by atoms with E-state index >= 15 is 0 Å². The molecule has 0 amide bonds. The zero-order chi connectivity index (χ0) is 14.8. The second-order valence-corrected chi connectivity index (χ2v) is 5.91. The standard InChI is InChI=1S/C17H14BrNO2/c18-15-7-6-13-8-14(12-4-2-1-3-5-12)10-19(11-17(20)21)16(13)9-15/h1-7,9-10H,8,11H2,(H,20,21). The molecule has 1 heterocycles. The van der Waals surface area contributed by atoms with Gasteiger partial charge >= 0.3 is 5.97 Å². The average Bonchev–Trinajstić information content (AvgIpc) is 2.48. The maximum Gasteiger partial charge on any atom is 0.323 e. The van der Waals surface area contributed by atoms with Crippen molar-refractivity contribution in [2.24, 2.45) is 0 Å². The summed E-state index contributed by atoms with van der Waals surface area (Å²) in [7, 11) is 0. The molecule has 2 aromatic carbocycles. The van der Waals surface area contributed by atoms with Crippen LogP contribution in [0.2, 0.25) is 0 Å². The molecule has 1 aliphatic heterocycles. The third-order valence-electron chi connectivity index (χ3n) is 3.50. The van der Waals surface area contributed by atoms with Gasteiger partial charge in [0.2, 0.25) is 0 Å². The number of hydrogen-bond acceptors (Lipinski definition) is 2. The van der Waals surface area contributed by atoms with Gasteiger partial charge in [-0.25, -0.2) is 0 Å². The highest BCUT2D eigenvalue weighted by atomic mass is 79.9. The van der Waals surface area contributed by atoms with E-state index in [9.17, 15) is 4.79 Å². The Kier molecular flexibility index (Phi) is 3.80. The number of carbonyl (C=O) groups is 1. The molecule has 0 atom stereocenters. The van der Waals surface area contributed by atoms with Crippen molar-refractivity contribution in [3.05, 3.63) is 70.3 Å². The molecule has 106 valence electrons. The van der Waals surface area contributed by atoms with Crippen LogP contribution in [-0.2, 0) is 11.2 Å². The number of nitrogens with zero attached hydrogens (tertiary/aromatic N) is 1. The van der Waals surface area contributed by atoms with Gasteiger partial charge in [0.05, 0.1) is 0 Å². The molecule has 0 aromatic heterocycles. The molecular weight excluding hydrogens is 330 g/mol. The monoisotopic (exact) mass is 343 g/mol. The van der Waals surface area contributed by atoms with Gasteiger partial charge < -0.3 is 10.0 Å². The summed E-state index contributed by atoms with van der Waals surface area (Å²) in [6, 6.07) is 16.1. The Morgan fingerprint density at radius 1 is 1.19 bits per heavy atom. The summed E-state index contributed by atoms with van der Waals surface area (Å²) < 4.78 is 0.952. The van der Waals surface area contributed by atoms with Gasteiger partial charge in [0.25, 0.3) is 0 Å². The Balaban J connectivity index is 2.04. The van der Waals surface area contributed by atoms with E-state index in [0.717, 1.165) is 33.3 Å². The maximum atomic E-state index is 11.1. The highest BCUT2D eigenvalue weighted by Crippen LogP contribution is 2.34. The third kappa shape index (κ3) is 3.00. The van der Waals surface area contributed by atoms with E-state index in [1.807, 2.05) is 42.6 Å². The Hall–Kier alpha value is -2.07. The van der Waals surface area contributed by atoms with E-state index in [4.69, 9.17) is 5.11 Å². The van der Waals surface area contributed by atoms with Crippen molar-refractivity contribution in [3.63, 3.8) is 0 Å². The smallest absolute Gasteiger partial charge is 0.323 e. The second kappa shape index (κ2) is 5.74. The Morgan fingerprint density at radius 3 is 2.67 bits per heavy atom. The fourth-order valence-corrected chi connectivity index (χ4v) is 2.92. The summed E-state index contributed by atoms with van der Waals surface area (Å²) in [5.74, 6) is -0.841. The average molecular weight is 344 g/mol.